The molecule has 1 aromatic heterocycles. The van der Waals surface area contributed by atoms with Crippen LogP contribution >= 0.6 is 0 Å². The van der Waals surface area contributed by atoms with Gasteiger partial charge in [0.05, 0.1) is 22.2 Å². The standard InChI is InChI=1S/C14H19BN2O2/c1-9-16-11-8-6-7-10(12(11)17-9)15-18-13(2,3)14(4,5)19-15/h6-8H,1-5H3,(H,16,17). The molecule has 1 N–H and O–H groups in total. The highest BCUT2D eigenvalue weighted by Gasteiger charge is 2.52. The van der Waals surface area contributed by atoms with Gasteiger partial charge in [0.2, 0.25) is 0 Å². The van der Waals surface area contributed by atoms with Crippen LogP contribution in [0.25, 0.3) is 11.0 Å². The van der Waals surface area contributed by atoms with Crippen LogP contribution < -0.4 is 5.46 Å². The minimum atomic E-state index is -0.364. The van der Waals surface area contributed by atoms with Gasteiger partial charge in [-0.25, -0.2) is 4.98 Å². The van der Waals surface area contributed by atoms with Gasteiger partial charge in [-0.05, 0) is 40.7 Å². The summed E-state index contributed by atoms with van der Waals surface area (Å²) in [7, 11) is -0.364. The number of aromatic amines is 1. The maximum Gasteiger partial charge on any atom is 0.497 e. The van der Waals surface area contributed by atoms with Crippen LogP contribution in [0.4, 0.5) is 0 Å². The normalized spacial score (nSPS) is 21.2. The molecule has 1 aliphatic heterocycles. The number of hydrogen-bond acceptors (Lipinski definition) is 3. The number of para-hydroxylation sites is 1. The molecule has 0 aliphatic carbocycles. The molecule has 1 aromatic carbocycles. The van der Waals surface area contributed by atoms with Crippen LogP contribution in [0.15, 0.2) is 18.2 Å². The molecule has 100 valence electrons. The van der Waals surface area contributed by atoms with Gasteiger partial charge in [-0.15, -0.1) is 0 Å². The molecule has 0 radical (unpaired) electrons. The Morgan fingerprint density at radius 3 is 2.37 bits per heavy atom. The van der Waals surface area contributed by atoms with E-state index in [0.717, 1.165) is 22.3 Å². The van der Waals surface area contributed by atoms with Crippen molar-refractivity contribution >= 4 is 23.6 Å². The first-order valence-corrected chi connectivity index (χ1v) is 6.61. The summed E-state index contributed by atoms with van der Waals surface area (Å²) in [5, 5.41) is 0. The van der Waals surface area contributed by atoms with E-state index < -0.39 is 0 Å². The van der Waals surface area contributed by atoms with Gasteiger partial charge in [0, 0.05) is 5.46 Å². The molecular formula is C14H19BN2O2. The molecule has 0 bridgehead atoms. The summed E-state index contributed by atoms with van der Waals surface area (Å²) in [5.41, 5.74) is 2.28. The van der Waals surface area contributed by atoms with Gasteiger partial charge >= 0.3 is 7.12 Å². The first-order valence-electron chi connectivity index (χ1n) is 6.61. The quantitative estimate of drug-likeness (QED) is 0.797. The number of nitrogens with zero attached hydrogens (tertiary/aromatic N) is 1. The fraction of sp³-hybridized carbons (Fsp3) is 0.500. The van der Waals surface area contributed by atoms with Crippen LogP contribution in [0.1, 0.15) is 33.5 Å². The minimum Gasteiger partial charge on any atom is -0.399 e. The van der Waals surface area contributed by atoms with E-state index in [9.17, 15) is 0 Å². The number of fused-ring (bicyclic) bond motifs is 1. The Balaban J connectivity index is 2.07. The van der Waals surface area contributed by atoms with Gasteiger partial charge in [-0.3, -0.25) is 0 Å². The molecule has 4 nitrogen and oxygen atoms in total. The minimum absolute atomic E-state index is 0.328. The van der Waals surface area contributed by atoms with Crippen LogP contribution in [0.2, 0.25) is 0 Å². The predicted octanol–water partition coefficient (Wildman–Crippen LogP) is 2.17. The number of rotatable bonds is 1. The lowest BCUT2D eigenvalue weighted by atomic mass is 9.78. The fourth-order valence-electron chi connectivity index (χ4n) is 2.34. The fourth-order valence-corrected chi connectivity index (χ4v) is 2.34. The number of aromatic nitrogens is 2. The van der Waals surface area contributed by atoms with Gasteiger partial charge in [0.1, 0.15) is 5.82 Å². The van der Waals surface area contributed by atoms with Gasteiger partial charge in [0.15, 0.2) is 0 Å². The first kappa shape index (κ1) is 12.7. The third kappa shape index (κ3) is 1.88. The van der Waals surface area contributed by atoms with Crippen molar-refractivity contribution in [2.75, 3.05) is 0 Å². The second-order valence-electron chi connectivity index (χ2n) is 6.15. The van der Waals surface area contributed by atoms with Gasteiger partial charge in [-0.1, -0.05) is 12.1 Å². The third-order valence-electron chi connectivity index (χ3n) is 4.17. The Bertz CT molecular complexity index is 617. The van der Waals surface area contributed by atoms with E-state index in [-0.39, 0.29) is 18.3 Å². The smallest absolute Gasteiger partial charge is 0.399 e. The van der Waals surface area contributed by atoms with Gasteiger partial charge in [-0.2, -0.15) is 0 Å². The summed E-state index contributed by atoms with van der Waals surface area (Å²) < 4.78 is 12.2. The molecular weight excluding hydrogens is 239 g/mol. The summed E-state index contributed by atoms with van der Waals surface area (Å²) in [6, 6.07) is 6.04. The summed E-state index contributed by atoms with van der Waals surface area (Å²) in [6.07, 6.45) is 0. The van der Waals surface area contributed by atoms with Crippen molar-refractivity contribution < 1.29 is 9.31 Å². The molecule has 1 aliphatic rings. The highest BCUT2D eigenvalue weighted by atomic mass is 16.7. The average Bonchev–Trinajstić information content (AvgIpc) is 2.75. The highest BCUT2D eigenvalue weighted by Crippen LogP contribution is 2.36. The Morgan fingerprint density at radius 1 is 1.11 bits per heavy atom. The molecule has 3 rings (SSSR count). The van der Waals surface area contributed by atoms with Gasteiger partial charge < -0.3 is 14.3 Å². The zero-order valence-electron chi connectivity index (χ0n) is 12.1. The second kappa shape index (κ2) is 3.84. The largest absolute Gasteiger partial charge is 0.497 e. The molecule has 1 fully saturated rings. The maximum atomic E-state index is 6.09. The molecule has 0 atom stereocenters. The average molecular weight is 258 g/mol. The van der Waals surface area contributed by atoms with Crippen molar-refractivity contribution in [3.63, 3.8) is 0 Å². The topological polar surface area (TPSA) is 47.1 Å². The maximum absolute atomic E-state index is 6.09. The Morgan fingerprint density at radius 2 is 1.74 bits per heavy atom. The van der Waals surface area contributed by atoms with Crippen LogP contribution in [-0.4, -0.2) is 28.3 Å². The zero-order chi connectivity index (χ0) is 13.8. The van der Waals surface area contributed by atoms with Crippen LogP contribution in [0, 0.1) is 6.92 Å². The number of aryl methyl sites for hydroxylation is 1. The van der Waals surface area contributed by atoms with E-state index in [1.165, 1.54) is 0 Å². The van der Waals surface area contributed by atoms with Crippen LogP contribution in [-0.2, 0) is 9.31 Å². The molecule has 2 heterocycles. The third-order valence-corrected chi connectivity index (χ3v) is 4.17. The Labute approximate surface area is 113 Å². The Hall–Kier alpha value is -1.33. The van der Waals surface area contributed by atoms with E-state index in [1.807, 2.05) is 25.1 Å². The van der Waals surface area contributed by atoms with Crippen molar-refractivity contribution in [2.24, 2.45) is 0 Å². The van der Waals surface area contributed by atoms with E-state index >= 15 is 0 Å². The van der Waals surface area contributed by atoms with E-state index in [4.69, 9.17) is 9.31 Å². The van der Waals surface area contributed by atoms with E-state index in [0.29, 0.717) is 0 Å². The number of benzene rings is 1. The molecule has 5 heteroatoms. The lowest BCUT2D eigenvalue weighted by Crippen LogP contribution is -2.41. The molecule has 2 aromatic rings. The van der Waals surface area contributed by atoms with E-state index in [1.54, 1.807) is 0 Å². The monoisotopic (exact) mass is 258 g/mol. The summed E-state index contributed by atoms with van der Waals surface area (Å²) in [4.78, 5) is 7.78. The van der Waals surface area contributed by atoms with Crippen LogP contribution in [0.3, 0.4) is 0 Å². The molecule has 1 saturated heterocycles. The Kier molecular flexibility index (Phi) is 2.56. The summed E-state index contributed by atoms with van der Waals surface area (Å²) in [5.74, 6) is 0.902. The van der Waals surface area contributed by atoms with Crippen molar-refractivity contribution in [1.82, 2.24) is 9.97 Å². The number of imidazole rings is 1. The second-order valence-corrected chi connectivity index (χ2v) is 6.15. The van der Waals surface area contributed by atoms with Crippen molar-refractivity contribution in [1.29, 1.82) is 0 Å². The van der Waals surface area contributed by atoms with Crippen molar-refractivity contribution in [3.8, 4) is 0 Å². The highest BCUT2D eigenvalue weighted by molar-refractivity contribution is 6.64. The van der Waals surface area contributed by atoms with Gasteiger partial charge in [0.25, 0.3) is 0 Å². The molecule has 19 heavy (non-hydrogen) atoms. The summed E-state index contributed by atoms with van der Waals surface area (Å²) in [6.45, 7) is 10.2. The number of nitrogens with one attached hydrogen (secondary N) is 1. The lowest BCUT2D eigenvalue weighted by molar-refractivity contribution is 0.00578. The van der Waals surface area contributed by atoms with Crippen molar-refractivity contribution in [3.05, 3.63) is 24.0 Å². The zero-order valence-corrected chi connectivity index (χ0v) is 12.1. The lowest BCUT2D eigenvalue weighted by Gasteiger charge is -2.32. The summed E-state index contributed by atoms with van der Waals surface area (Å²) >= 11 is 0. The number of H-pyrrole nitrogens is 1. The SMILES string of the molecule is Cc1nc2c(B3OC(C)(C)C(C)(C)O3)cccc2[nH]1. The van der Waals surface area contributed by atoms with Crippen LogP contribution in [0.5, 0.6) is 0 Å². The molecule has 0 saturated carbocycles. The first-order chi connectivity index (χ1) is 8.80. The molecule has 0 amide bonds. The molecule has 0 unspecified atom stereocenters. The predicted molar refractivity (Wildman–Crippen MR) is 76.5 cm³/mol. The van der Waals surface area contributed by atoms with E-state index in [2.05, 4.69) is 37.7 Å². The molecule has 0 spiro atoms. The number of hydrogen-bond donors (Lipinski definition) is 1. The van der Waals surface area contributed by atoms with Crippen molar-refractivity contribution in [2.45, 2.75) is 45.8 Å².